The molecule has 2 rings (SSSR count). The van der Waals surface area contributed by atoms with Crippen LogP contribution in [-0.4, -0.2) is 6.54 Å². The molecule has 1 heterocycles. The van der Waals surface area contributed by atoms with E-state index in [1.807, 2.05) is 12.3 Å². The van der Waals surface area contributed by atoms with E-state index in [9.17, 15) is 0 Å². The van der Waals surface area contributed by atoms with Crippen molar-refractivity contribution >= 4 is 0 Å². The lowest BCUT2D eigenvalue weighted by Crippen LogP contribution is -2.23. The Kier molecular flexibility index (Phi) is 3.25. The molecule has 14 heavy (non-hydrogen) atoms. The molecule has 0 aromatic carbocycles. The normalized spacial score (nSPS) is 26.9. The van der Waals surface area contributed by atoms with Crippen LogP contribution in [-0.2, 0) is 6.54 Å². The molecule has 0 spiro atoms. The zero-order valence-electron chi connectivity index (χ0n) is 8.83. The maximum absolute atomic E-state index is 5.02. The smallest absolute Gasteiger partial charge is 0.0947 e. The Bertz CT molecular complexity index is 255. The van der Waals surface area contributed by atoms with Crippen LogP contribution in [0.5, 0.6) is 0 Å². The minimum absolute atomic E-state index is 0.891. The van der Waals surface area contributed by atoms with E-state index in [-0.39, 0.29) is 0 Å². The van der Waals surface area contributed by atoms with E-state index in [1.165, 1.54) is 24.8 Å². The van der Waals surface area contributed by atoms with E-state index < -0.39 is 0 Å². The van der Waals surface area contributed by atoms with Crippen LogP contribution in [0.25, 0.3) is 0 Å². The summed E-state index contributed by atoms with van der Waals surface area (Å²) in [4.78, 5) is 0. The van der Waals surface area contributed by atoms with Gasteiger partial charge in [0, 0.05) is 12.1 Å². The molecule has 1 N–H and O–H groups in total. The van der Waals surface area contributed by atoms with Crippen molar-refractivity contribution in [3.05, 3.63) is 24.2 Å². The van der Waals surface area contributed by atoms with Gasteiger partial charge in [-0.1, -0.05) is 19.8 Å². The molecule has 1 fully saturated rings. The Morgan fingerprint density at radius 2 is 2.43 bits per heavy atom. The highest BCUT2D eigenvalue weighted by Crippen LogP contribution is 2.30. The maximum atomic E-state index is 5.02. The van der Waals surface area contributed by atoms with Crippen LogP contribution in [0.4, 0.5) is 0 Å². The molecule has 1 aromatic heterocycles. The standard InChI is InChI=1S/C12H19NO/c1-10-3-2-4-12(10)8-13-7-11-5-6-14-9-11/h5-6,9-10,12-13H,2-4,7-8H2,1H3. The summed E-state index contributed by atoms with van der Waals surface area (Å²) in [5, 5.41) is 3.50. The first-order valence-electron chi connectivity index (χ1n) is 5.58. The zero-order chi connectivity index (χ0) is 9.80. The van der Waals surface area contributed by atoms with E-state index in [1.54, 1.807) is 6.26 Å². The molecule has 2 unspecified atom stereocenters. The summed E-state index contributed by atoms with van der Waals surface area (Å²) in [7, 11) is 0. The van der Waals surface area contributed by atoms with Gasteiger partial charge in [-0.3, -0.25) is 0 Å². The molecule has 0 saturated heterocycles. The van der Waals surface area contributed by atoms with Crippen LogP contribution in [0.2, 0.25) is 0 Å². The summed E-state index contributed by atoms with van der Waals surface area (Å²) in [6.45, 7) is 4.48. The van der Waals surface area contributed by atoms with Crippen molar-refractivity contribution in [2.45, 2.75) is 32.7 Å². The Balaban J connectivity index is 1.68. The number of furan rings is 1. The summed E-state index contributed by atoms with van der Waals surface area (Å²) in [5.41, 5.74) is 1.25. The fourth-order valence-electron chi connectivity index (χ4n) is 2.32. The van der Waals surface area contributed by atoms with Crippen LogP contribution in [0, 0.1) is 11.8 Å². The second kappa shape index (κ2) is 4.65. The lowest BCUT2D eigenvalue weighted by molar-refractivity contribution is 0.391. The van der Waals surface area contributed by atoms with Gasteiger partial charge in [-0.15, -0.1) is 0 Å². The average Bonchev–Trinajstić information content (AvgIpc) is 2.78. The van der Waals surface area contributed by atoms with Gasteiger partial charge >= 0.3 is 0 Å². The van der Waals surface area contributed by atoms with Crippen molar-refractivity contribution in [3.63, 3.8) is 0 Å². The summed E-state index contributed by atoms with van der Waals surface area (Å²) in [6, 6.07) is 2.02. The van der Waals surface area contributed by atoms with Gasteiger partial charge in [-0.05, 0) is 30.9 Å². The van der Waals surface area contributed by atoms with Crippen molar-refractivity contribution in [1.82, 2.24) is 5.32 Å². The van der Waals surface area contributed by atoms with E-state index in [4.69, 9.17) is 4.42 Å². The van der Waals surface area contributed by atoms with Gasteiger partial charge in [-0.2, -0.15) is 0 Å². The van der Waals surface area contributed by atoms with Gasteiger partial charge in [0.05, 0.1) is 12.5 Å². The minimum Gasteiger partial charge on any atom is -0.472 e. The van der Waals surface area contributed by atoms with Gasteiger partial charge in [0.1, 0.15) is 0 Å². The number of hydrogen-bond donors (Lipinski definition) is 1. The Hall–Kier alpha value is -0.760. The molecule has 1 aliphatic rings. The zero-order valence-corrected chi connectivity index (χ0v) is 8.83. The molecule has 2 nitrogen and oxygen atoms in total. The third kappa shape index (κ3) is 2.38. The Morgan fingerprint density at radius 1 is 1.50 bits per heavy atom. The molecule has 0 aliphatic heterocycles. The topological polar surface area (TPSA) is 25.2 Å². The average molecular weight is 193 g/mol. The Morgan fingerprint density at radius 3 is 3.07 bits per heavy atom. The first kappa shape index (κ1) is 9.78. The van der Waals surface area contributed by atoms with Gasteiger partial charge in [0.2, 0.25) is 0 Å². The maximum Gasteiger partial charge on any atom is 0.0947 e. The van der Waals surface area contributed by atoms with Crippen molar-refractivity contribution in [2.75, 3.05) is 6.54 Å². The highest BCUT2D eigenvalue weighted by Gasteiger charge is 2.22. The summed E-state index contributed by atoms with van der Waals surface area (Å²) < 4.78 is 5.02. The van der Waals surface area contributed by atoms with E-state index >= 15 is 0 Å². The molecule has 0 bridgehead atoms. The molecule has 1 aliphatic carbocycles. The highest BCUT2D eigenvalue weighted by molar-refractivity contribution is 5.04. The molecule has 1 aromatic rings. The van der Waals surface area contributed by atoms with Crippen molar-refractivity contribution in [1.29, 1.82) is 0 Å². The summed E-state index contributed by atoms with van der Waals surface area (Å²) in [6.07, 6.45) is 7.77. The van der Waals surface area contributed by atoms with Gasteiger partial charge in [0.25, 0.3) is 0 Å². The molecule has 0 radical (unpaired) electrons. The third-order valence-electron chi connectivity index (χ3n) is 3.35. The second-order valence-corrected chi connectivity index (χ2v) is 4.43. The van der Waals surface area contributed by atoms with E-state index in [0.29, 0.717) is 0 Å². The number of rotatable bonds is 4. The number of hydrogen-bond acceptors (Lipinski definition) is 2. The van der Waals surface area contributed by atoms with Crippen LogP contribution in [0.1, 0.15) is 31.7 Å². The van der Waals surface area contributed by atoms with Crippen LogP contribution >= 0.6 is 0 Å². The fourth-order valence-corrected chi connectivity index (χ4v) is 2.32. The van der Waals surface area contributed by atoms with Crippen LogP contribution in [0.15, 0.2) is 23.0 Å². The predicted octanol–water partition coefficient (Wildman–Crippen LogP) is 2.81. The van der Waals surface area contributed by atoms with Gasteiger partial charge < -0.3 is 9.73 Å². The monoisotopic (exact) mass is 193 g/mol. The van der Waals surface area contributed by atoms with Gasteiger partial charge in [0.15, 0.2) is 0 Å². The first-order chi connectivity index (χ1) is 6.86. The van der Waals surface area contributed by atoms with Crippen molar-refractivity contribution in [2.24, 2.45) is 11.8 Å². The molecule has 2 heteroatoms. The van der Waals surface area contributed by atoms with Crippen molar-refractivity contribution in [3.8, 4) is 0 Å². The third-order valence-corrected chi connectivity index (χ3v) is 3.35. The van der Waals surface area contributed by atoms with Crippen molar-refractivity contribution < 1.29 is 4.42 Å². The summed E-state index contributed by atoms with van der Waals surface area (Å²) in [5.74, 6) is 1.80. The highest BCUT2D eigenvalue weighted by atomic mass is 16.3. The van der Waals surface area contributed by atoms with Crippen LogP contribution in [0.3, 0.4) is 0 Å². The molecular weight excluding hydrogens is 174 g/mol. The fraction of sp³-hybridized carbons (Fsp3) is 0.667. The van der Waals surface area contributed by atoms with E-state index in [2.05, 4.69) is 12.2 Å². The van der Waals surface area contributed by atoms with Gasteiger partial charge in [-0.25, -0.2) is 0 Å². The van der Waals surface area contributed by atoms with Crippen LogP contribution < -0.4 is 5.32 Å². The SMILES string of the molecule is CC1CCCC1CNCc1ccoc1. The molecule has 1 saturated carbocycles. The predicted molar refractivity (Wildman–Crippen MR) is 56.9 cm³/mol. The first-order valence-corrected chi connectivity index (χ1v) is 5.58. The molecule has 0 amide bonds. The minimum atomic E-state index is 0.891. The second-order valence-electron chi connectivity index (χ2n) is 4.43. The quantitative estimate of drug-likeness (QED) is 0.795. The molecular formula is C12H19NO. The number of nitrogens with one attached hydrogen (secondary N) is 1. The van der Waals surface area contributed by atoms with E-state index in [0.717, 1.165) is 24.9 Å². The summed E-state index contributed by atoms with van der Waals surface area (Å²) >= 11 is 0. The molecule has 78 valence electrons. The lowest BCUT2D eigenvalue weighted by atomic mass is 9.98. The largest absolute Gasteiger partial charge is 0.472 e. The Labute approximate surface area is 85.7 Å². The lowest BCUT2D eigenvalue weighted by Gasteiger charge is -2.15. The molecule has 2 atom stereocenters.